The number of thioether (sulfide) groups is 2. The Morgan fingerprint density at radius 3 is 2.57 bits per heavy atom. The van der Waals surface area contributed by atoms with Crippen LogP contribution in [0.15, 0.2) is 75.6 Å². The van der Waals surface area contributed by atoms with Crippen LogP contribution in [0.4, 0.5) is 0 Å². The quantitative estimate of drug-likeness (QED) is 0.111. The predicted octanol–water partition coefficient (Wildman–Crippen LogP) is 6.27. The van der Waals surface area contributed by atoms with Gasteiger partial charge >= 0.3 is 0 Å². The van der Waals surface area contributed by atoms with Crippen LogP contribution in [0.5, 0.6) is 17.2 Å². The summed E-state index contributed by atoms with van der Waals surface area (Å²) >= 11 is 9.63. The number of para-hydroxylation sites is 1. The lowest BCUT2D eigenvalue weighted by atomic mass is 9.69. The topological polar surface area (TPSA) is 157 Å². The van der Waals surface area contributed by atoms with Crippen LogP contribution in [0.1, 0.15) is 47.4 Å². The number of amides is 1. The number of methoxy groups -OCH3 is 2. The van der Waals surface area contributed by atoms with Gasteiger partial charge in [0, 0.05) is 53.5 Å². The Morgan fingerprint density at radius 2 is 1.86 bits per heavy atom. The average molecular weight is 750 g/mol. The molecule has 51 heavy (non-hydrogen) atoms. The molecule has 0 saturated carbocycles. The first-order valence-electron chi connectivity index (χ1n) is 16.1. The number of hydrogen-bond donors (Lipinski definition) is 3. The van der Waals surface area contributed by atoms with Gasteiger partial charge in [0.1, 0.15) is 27.9 Å². The molecule has 0 bridgehead atoms. The second kappa shape index (κ2) is 15.0. The molecule has 3 aromatic carbocycles. The maximum absolute atomic E-state index is 14.3. The van der Waals surface area contributed by atoms with Gasteiger partial charge in [0.25, 0.3) is 5.56 Å². The van der Waals surface area contributed by atoms with Gasteiger partial charge in [-0.15, -0.1) is 11.8 Å². The van der Waals surface area contributed by atoms with E-state index >= 15 is 0 Å². The minimum Gasteiger partial charge on any atom is -0.507 e. The predicted molar refractivity (Wildman–Crippen MR) is 198 cm³/mol. The van der Waals surface area contributed by atoms with Crippen molar-refractivity contribution in [2.24, 2.45) is 5.92 Å². The number of nitrogens with one attached hydrogen (secondary N) is 2. The summed E-state index contributed by atoms with van der Waals surface area (Å²) in [5.74, 6) is -1.74. The molecule has 0 fully saturated rings. The Hall–Kier alpha value is -4.46. The van der Waals surface area contributed by atoms with Gasteiger partial charge < -0.3 is 29.6 Å². The molecule has 1 aliphatic heterocycles. The number of nitrogens with zero attached hydrogens (tertiary/aromatic N) is 1. The van der Waals surface area contributed by atoms with Crippen LogP contribution >= 0.6 is 35.1 Å². The molecule has 6 rings (SSSR count). The van der Waals surface area contributed by atoms with Crippen molar-refractivity contribution in [3.05, 3.63) is 98.3 Å². The molecule has 1 aliphatic carbocycles. The van der Waals surface area contributed by atoms with Crippen LogP contribution in [0, 0.1) is 5.92 Å². The van der Waals surface area contributed by atoms with E-state index in [1.165, 1.54) is 43.8 Å². The Bertz CT molecular complexity index is 2120. The monoisotopic (exact) mass is 749 g/mol. The third kappa shape index (κ3) is 6.70. The fraction of sp³-hybridized carbons (Fsp3) is 0.324. The summed E-state index contributed by atoms with van der Waals surface area (Å²) in [6, 6.07) is 16.0. The van der Waals surface area contributed by atoms with Crippen molar-refractivity contribution in [2.45, 2.75) is 41.9 Å². The molecule has 2 heterocycles. The lowest BCUT2D eigenvalue weighted by Crippen LogP contribution is -2.53. The minimum atomic E-state index is -1.97. The SMILES string of the molecule is COc1cc(OC)c2c(c1Cl)OC1(C2=O)C(O)=C(C(CC(=O)NCCSCc2nc3ccccc3c(=O)[nH]2)c2ccc(SC)cc2)C(=O)CC1C. The first-order valence-corrected chi connectivity index (χ1v) is 18.9. The third-order valence-electron chi connectivity index (χ3n) is 9.24. The van der Waals surface area contributed by atoms with E-state index in [1.807, 2.05) is 36.6 Å². The van der Waals surface area contributed by atoms with E-state index in [1.54, 1.807) is 25.1 Å². The third-order valence-corrected chi connectivity index (χ3v) is 11.3. The number of halogens is 1. The number of ether oxygens (including phenoxy) is 3. The van der Waals surface area contributed by atoms with E-state index in [-0.39, 0.29) is 57.7 Å². The maximum atomic E-state index is 14.3. The number of carbonyl (C=O) groups is 3. The molecule has 266 valence electrons. The van der Waals surface area contributed by atoms with Gasteiger partial charge in [-0.05, 0) is 36.1 Å². The van der Waals surface area contributed by atoms with Gasteiger partial charge in [0.2, 0.25) is 17.3 Å². The number of aliphatic hydroxyl groups excluding tert-OH is 1. The summed E-state index contributed by atoms with van der Waals surface area (Å²) in [5, 5.41) is 15.6. The minimum absolute atomic E-state index is 0.0101. The van der Waals surface area contributed by atoms with Crippen LogP contribution in [0.3, 0.4) is 0 Å². The summed E-state index contributed by atoms with van der Waals surface area (Å²) in [6.45, 7) is 1.96. The summed E-state index contributed by atoms with van der Waals surface area (Å²) in [6.07, 6.45) is 1.63. The molecule has 2 aliphatic rings. The summed E-state index contributed by atoms with van der Waals surface area (Å²) in [4.78, 5) is 62.4. The highest BCUT2D eigenvalue weighted by atomic mass is 35.5. The zero-order valence-electron chi connectivity index (χ0n) is 28.3. The van der Waals surface area contributed by atoms with Crippen molar-refractivity contribution in [3.8, 4) is 17.2 Å². The molecule has 0 saturated heterocycles. The van der Waals surface area contributed by atoms with E-state index in [4.69, 9.17) is 25.8 Å². The number of hydrogen-bond acceptors (Lipinski definition) is 11. The fourth-order valence-corrected chi connectivity index (χ4v) is 8.05. The Labute approximate surface area is 307 Å². The molecule has 3 N–H and O–H groups in total. The summed E-state index contributed by atoms with van der Waals surface area (Å²) < 4.78 is 17.2. The van der Waals surface area contributed by atoms with Gasteiger partial charge in [0.05, 0.1) is 30.9 Å². The average Bonchev–Trinajstić information content (AvgIpc) is 3.44. The second-order valence-corrected chi connectivity index (χ2v) is 14.6. The molecule has 1 spiro atoms. The van der Waals surface area contributed by atoms with Gasteiger partial charge in [-0.2, -0.15) is 11.8 Å². The zero-order chi connectivity index (χ0) is 36.4. The number of H-pyrrole nitrogens is 1. The van der Waals surface area contributed by atoms with Gasteiger partial charge in [0.15, 0.2) is 17.3 Å². The van der Waals surface area contributed by atoms with Gasteiger partial charge in [-0.25, -0.2) is 4.98 Å². The molecule has 3 unspecified atom stereocenters. The summed E-state index contributed by atoms with van der Waals surface area (Å²) in [5.41, 5.74) is -0.981. The van der Waals surface area contributed by atoms with E-state index in [0.717, 1.165) is 4.90 Å². The van der Waals surface area contributed by atoms with Crippen molar-refractivity contribution in [2.75, 3.05) is 32.8 Å². The van der Waals surface area contributed by atoms with Crippen molar-refractivity contribution in [1.29, 1.82) is 0 Å². The normalized spacial score (nSPS) is 18.9. The Kier molecular flexibility index (Phi) is 10.7. The number of aromatic nitrogens is 2. The number of aromatic amines is 1. The standard InChI is InChI=1S/C37H36ClN3O8S2/c1-19-15-25(42)30(34(44)37(19)35(45)31-26(47-2)17-27(48-3)32(38)33(31)49-37)23(20-9-11-21(50-4)12-10-20)16-29(43)39-13-14-51-18-28-40-24-8-6-5-7-22(24)36(46)41-28/h5-12,17,19,23,44H,13-16,18H2,1-4H3,(H,39,43)(H,40,41,46). The number of fused-ring (bicyclic) bond motifs is 2. The zero-order valence-corrected chi connectivity index (χ0v) is 30.7. The molecule has 0 radical (unpaired) electrons. The number of aliphatic hydroxyl groups is 1. The van der Waals surface area contributed by atoms with E-state index in [2.05, 4.69) is 15.3 Å². The van der Waals surface area contributed by atoms with Gasteiger partial charge in [-0.3, -0.25) is 19.2 Å². The first-order chi connectivity index (χ1) is 24.5. The molecule has 1 amide bonds. The maximum Gasteiger partial charge on any atom is 0.258 e. The molecule has 14 heteroatoms. The number of Topliss-reactive ketones (excluding diaryl/α,β-unsaturated/α-hetero) is 2. The molecule has 3 atom stereocenters. The van der Waals surface area contributed by atoms with Crippen LogP contribution in [0.25, 0.3) is 10.9 Å². The fourth-order valence-electron chi connectivity index (χ4n) is 6.65. The largest absolute Gasteiger partial charge is 0.507 e. The molecule has 4 aromatic rings. The first kappa shape index (κ1) is 36.3. The highest BCUT2D eigenvalue weighted by Crippen LogP contribution is 2.55. The number of allylic oxidation sites excluding steroid dienone is 1. The Balaban J connectivity index is 1.26. The van der Waals surface area contributed by atoms with Crippen molar-refractivity contribution < 1.29 is 33.7 Å². The highest BCUT2D eigenvalue weighted by Gasteiger charge is 2.61. The van der Waals surface area contributed by atoms with Crippen LogP contribution < -0.4 is 25.1 Å². The molecule has 11 nitrogen and oxygen atoms in total. The van der Waals surface area contributed by atoms with E-state index in [9.17, 15) is 24.3 Å². The molecular weight excluding hydrogens is 714 g/mol. The lowest BCUT2D eigenvalue weighted by molar-refractivity contribution is -0.121. The number of carbonyl (C=O) groups excluding carboxylic acids is 3. The Morgan fingerprint density at radius 1 is 1.14 bits per heavy atom. The van der Waals surface area contributed by atoms with Crippen molar-refractivity contribution in [1.82, 2.24) is 15.3 Å². The van der Waals surface area contributed by atoms with Gasteiger partial charge in [-0.1, -0.05) is 42.8 Å². The lowest BCUT2D eigenvalue weighted by Gasteiger charge is -2.38. The van der Waals surface area contributed by atoms with Crippen LogP contribution in [-0.4, -0.2) is 70.9 Å². The molecular formula is C37H36ClN3O8S2. The molecule has 1 aromatic heterocycles. The van der Waals surface area contributed by atoms with Crippen molar-refractivity contribution in [3.63, 3.8) is 0 Å². The van der Waals surface area contributed by atoms with Crippen LogP contribution in [0.2, 0.25) is 5.02 Å². The van der Waals surface area contributed by atoms with Crippen molar-refractivity contribution >= 4 is 63.5 Å². The van der Waals surface area contributed by atoms with E-state index in [0.29, 0.717) is 40.3 Å². The number of rotatable bonds is 12. The number of ketones is 2. The summed E-state index contributed by atoms with van der Waals surface area (Å²) in [7, 11) is 2.81. The smallest absolute Gasteiger partial charge is 0.258 e. The second-order valence-electron chi connectivity index (χ2n) is 12.2. The number of benzene rings is 3. The van der Waals surface area contributed by atoms with E-state index < -0.39 is 34.8 Å². The highest BCUT2D eigenvalue weighted by molar-refractivity contribution is 7.98. The van der Waals surface area contributed by atoms with Crippen LogP contribution in [-0.2, 0) is 15.3 Å².